The highest BCUT2D eigenvalue weighted by Crippen LogP contribution is 2.43. The lowest BCUT2D eigenvalue weighted by Gasteiger charge is -2.42. The van der Waals surface area contributed by atoms with Gasteiger partial charge >= 0.3 is 0 Å². The molecule has 0 unspecified atom stereocenters. The standard InChI is InChI=1S/C13H13FN4/c14-10-4-1-7-15-11(10)13(5-2-6-13)18-12-16-8-3-9-17-12/h1,3-4,7-9H,2,5-6H2,(H,16,17,18). The fourth-order valence-corrected chi connectivity index (χ4v) is 2.27. The predicted octanol–water partition coefficient (Wildman–Crippen LogP) is 2.50. The smallest absolute Gasteiger partial charge is 0.223 e. The zero-order valence-corrected chi connectivity index (χ0v) is 9.81. The zero-order chi connectivity index (χ0) is 12.4. The molecular weight excluding hydrogens is 231 g/mol. The van der Waals surface area contributed by atoms with Gasteiger partial charge in [-0.25, -0.2) is 14.4 Å². The minimum Gasteiger partial charge on any atom is -0.343 e. The average Bonchev–Trinajstić information content (AvgIpc) is 2.36. The van der Waals surface area contributed by atoms with E-state index in [2.05, 4.69) is 20.3 Å². The maximum atomic E-state index is 13.9. The van der Waals surface area contributed by atoms with Crippen LogP contribution in [-0.2, 0) is 5.54 Å². The summed E-state index contributed by atoms with van der Waals surface area (Å²) >= 11 is 0. The number of nitrogens with one attached hydrogen (secondary N) is 1. The van der Waals surface area contributed by atoms with E-state index in [0.29, 0.717) is 11.6 Å². The lowest BCUT2D eigenvalue weighted by molar-refractivity contribution is 0.264. The maximum absolute atomic E-state index is 13.9. The summed E-state index contributed by atoms with van der Waals surface area (Å²) in [7, 11) is 0. The van der Waals surface area contributed by atoms with Crippen LogP contribution in [0.3, 0.4) is 0 Å². The fourth-order valence-electron chi connectivity index (χ4n) is 2.27. The van der Waals surface area contributed by atoms with E-state index >= 15 is 0 Å². The van der Waals surface area contributed by atoms with E-state index in [1.165, 1.54) is 6.07 Å². The quantitative estimate of drug-likeness (QED) is 0.901. The van der Waals surface area contributed by atoms with Gasteiger partial charge in [-0.2, -0.15) is 0 Å². The van der Waals surface area contributed by atoms with Gasteiger partial charge in [-0.05, 0) is 37.5 Å². The molecule has 1 saturated carbocycles. The molecule has 0 spiro atoms. The summed E-state index contributed by atoms with van der Waals surface area (Å²) in [5, 5.41) is 3.22. The van der Waals surface area contributed by atoms with Crippen molar-refractivity contribution in [2.75, 3.05) is 5.32 Å². The molecule has 0 aliphatic heterocycles. The van der Waals surface area contributed by atoms with Crippen LogP contribution in [0.4, 0.5) is 10.3 Å². The number of pyridine rings is 1. The summed E-state index contributed by atoms with van der Waals surface area (Å²) in [6.07, 6.45) is 7.69. The highest BCUT2D eigenvalue weighted by molar-refractivity contribution is 5.36. The van der Waals surface area contributed by atoms with Crippen molar-refractivity contribution in [1.82, 2.24) is 15.0 Å². The topological polar surface area (TPSA) is 50.7 Å². The third-order valence-electron chi connectivity index (χ3n) is 3.34. The second-order valence-electron chi connectivity index (χ2n) is 4.47. The van der Waals surface area contributed by atoms with E-state index in [1.54, 1.807) is 30.7 Å². The van der Waals surface area contributed by atoms with Crippen LogP contribution in [-0.4, -0.2) is 15.0 Å². The monoisotopic (exact) mass is 244 g/mol. The van der Waals surface area contributed by atoms with Crippen molar-refractivity contribution >= 4 is 5.95 Å². The van der Waals surface area contributed by atoms with Crippen molar-refractivity contribution in [1.29, 1.82) is 0 Å². The molecule has 0 saturated heterocycles. The highest BCUT2D eigenvalue weighted by atomic mass is 19.1. The van der Waals surface area contributed by atoms with Crippen LogP contribution in [0.1, 0.15) is 25.0 Å². The van der Waals surface area contributed by atoms with Crippen molar-refractivity contribution in [2.45, 2.75) is 24.8 Å². The Morgan fingerprint density at radius 1 is 1.06 bits per heavy atom. The van der Waals surface area contributed by atoms with E-state index in [9.17, 15) is 4.39 Å². The van der Waals surface area contributed by atoms with Crippen molar-refractivity contribution < 1.29 is 4.39 Å². The molecule has 0 bridgehead atoms. The van der Waals surface area contributed by atoms with Crippen molar-refractivity contribution in [3.63, 3.8) is 0 Å². The second-order valence-corrected chi connectivity index (χ2v) is 4.47. The molecule has 92 valence electrons. The lowest BCUT2D eigenvalue weighted by Crippen LogP contribution is -2.44. The summed E-state index contributed by atoms with van der Waals surface area (Å²) in [6, 6.07) is 4.79. The number of hydrogen-bond acceptors (Lipinski definition) is 4. The van der Waals surface area contributed by atoms with E-state index < -0.39 is 5.54 Å². The second kappa shape index (κ2) is 4.33. The summed E-state index contributed by atoms with van der Waals surface area (Å²) < 4.78 is 13.9. The van der Waals surface area contributed by atoms with Gasteiger partial charge in [-0.1, -0.05) is 0 Å². The molecule has 18 heavy (non-hydrogen) atoms. The first-order chi connectivity index (χ1) is 8.80. The Morgan fingerprint density at radius 2 is 1.78 bits per heavy atom. The Morgan fingerprint density at radius 3 is 2.39 bits per heavy atom. The molecule has 4 nitrogen and oxygen atoms in total. The van der Waals surface area contributed by atoms with Gasteiger partial charge in [0, 0.05) is 18.6 Å². The van der Waals surface area contributed by atoms with Gasteiger partial charge < -0.3 is 5.32 Å². The fraction of sp³-hybridized carbons (Fsp3) is 0.308. The lowest BCUT2D eigenvalue weighted by atomic mass is 9.74. The van der Waals surface area contributed by atoms with Crippen molar-refractivity contribution in [3.8, 4) is 0 Å². The summed E-state index contributed by atoms with van der Waals surface area (Å²) in [5.74, 6) is 0.239. The van der Waals surface area contributed by atoms with Crippen LogP contribution in [0, 0.1) is 5.82 Å². The minimum atomic E-state index is -0.452. The van der Waals surface area contributed by atoms with Crippen LogP contribution in [0.2, 0.25) is 0 Å². The summed E-state index contributed by atoms with van der Waals surface area (Å²) in [5.41, 5.74) is 0.0101. The van der Waals surface area contributed by atoms with Crippen LogP contribution in [0.5, 0.6) is 0 Å². The van der Waals surface area contributed by atoms with Gasteiger partial charge in [-0.15, -0.1) is 0 Å². The molecule has 2 aromatic rings. The molecule has 5 heteroatoms. The molecule has 0 radical (unpaired) electrons. The van der Waals surface area contributed by atoms with Gasteiger partial charge in [0.2, 0.25) is 5.95 Å². The Hall–Kier alpha value is -2.04. The Bertz CT molecular complexity index is 540. The van der Waals surface area contributed by atoms with Crippen LogP contribution < -0.4 is 5.32 Å². The average molecular weight is 244 g/mol. The zero-order valence-electron chi connectivity index (χ0n) is 9.81. The van der Waals surface area contributed by atoms with Gasteiger partial charge in [0.15, 0.2) is 0 Å². The molecule has 3 rings (SSSR count). The Balaban J connectivity index is 1.94. The largest absolute Gasteiger partial charge is 0.343 e. The number of aromatic nitrogens is 3. The Labute approximate surface area is 104 Å². The van der Waals surface area contributed by atoms with E-state index in [4.69, 9.17) is 0 Å². The van der Waals surface area contributed by atoms with Gasteiger partial charge in [0.05, 0.1) is 5.54 Å². The first-order valence-electron chi connectivity index (χ1n) is 5.96. The molecule has 2 aromatic heterocycles. The predicted molar refractivity (Wildman–Crippen MR) is 65.4 cm³/mol. The first kappa shape index (κ1) is 11.1. The Kier molecular flexibility index (Phi) is 2.66. The maximum Gasteiger partial charge on any atom is 0.223 e. The molecule has 0 amide bonds. The van der Waals surface area contributed by atoms with Gasteiger partial charge in [0.1, 0.15) is 11.5 Å². The van der Waals surface area contributed by atoms with Crippen LogP contribution in [0.15, 0.2) is 36.8 Å². The van der Waals surface area contributed by atoms with E-state index in [-0.39, 0.29) is 5.82 Å². The third-order valence-corrected chi connectivity index (χ3v) is 3.34. The molecule has 2 heterocycles. The van der Waals surface area contributed by atoms with Crippen LogP contribution in [0.25, 0.3) is 0 Å². The molecule has 1 fully saturated rings. The molecular formula is C13H13FN4. The molecule has 1 N–H and O–H groups in total. The molecule has 0 aromatic carbocycles. The number of rotatable bonds is 3. The summed E-state index contributed by atoms with van der Waals surface area (Å²) in [6.45, 7) is 0. The first-order valence-corrected chi connectivity index (χ1v) is 5.96. The normalized spacial score (nSPS) is 16.9. The third kappa shape index (κ3) is 1.81. The molecule has 1 aliphatic rings. The van der Waals surface area contributed by atoms with E-state index in [1.807, 2.05) is 0 Å². The van der Waals surface area contributed by atoms with E-state index in [0.717, 1.165) is 19.3 Å². The SMILES string of the molecule is Fc1cccnc1C1(Nc2ncccn2)CCC1. The minimum absolute atomic E-state index is 0.277. The highest BCUT2D eigenvalue weighted by Gasteiger charge is 2.42. The molecule has 1 aliphatic carbocycles. The molecule has 0 atom stereocenters. The van der Waals surface area contributed by atoms with Crippen molar-refractivity contribution in [2.24, 2.45) is 0 Å². The number of hydrogen-bond donors (Lipinski definition) is 1. The number of anilines is 1. The number of nitrogens with zero attached hydrogens (tertiary/aromatic N) is 3. The van der Waals surface area contributed by atoms with Gasteiger partial charge in [-0.3, -0.25) is 4.98 Å². The number of halogens is 1. The van der Waals surface area contributed by atoms with Crippen molar-refractivity contribution in [3.05, 3.63) is 48.3 Å². The van der Waals surface area contributed by atoms with Gasteiger partial charge in [0.25, 0.3) is 0 Å². The summed E-state index contributed by atoms with van der Waals surface area (Å²) in [4.78, 5) is 12.4. The van der Waals surface area contributed by atoms with Crippen LogP contribution >= 0.6 is 0 Å².